The van der Waals surface area contributed by atoms with E-state index >= 15 is 0 Å². The fourth-order valence-corrected chi connectivity index (χ4v) is 2.65. The van der Waals surface area contributed by atoms with Gasteiger partial charge in [0.2, 0.25) is 0 Å². The van der Waals surface area contributed by atoms with Crippen LogP contribution in [0.1, 0.15) is 44.0 Å². The van der Waals surface area contributed by atoms with Crippen LogP contribution in [0.15, 0.2) is 18.2 Å². The van der Waals surface area contributed by atoms with Crippen molar-refractivity contribution < 1.29 is 14.5 Å². The summed E-state index contributed by atoms with van der Waals surface area (Å²) in [7, 11) is 1.57. The van der Waals surface area contributed by atoms with E-state index in [1.807, 2.05) is 6.92 Å². The van der Waals surface area contributed by atoms with Crippen molar-refractivity contribution in [1.29, 1.82) is 0 Å². The molecule has 1 rings (SSSR count). The quantitative estimate of drug-likeness (QED) is 0.374. The molecule has 0 saturated carbocycles. The van der Waals surface area contributed by atoms with Crippen LogP contribution in [0.25, 0.3) is 0 Å². The first kappa shape index (κ1) is 20.9. The molecule has 0 aliphatic rings. The average Bonchev–Trinajstić information content (AvgIpc) is 2.62. The lowest BCUT2D eigenvalue weighted by Gasteiger charge is -2.25. The van der Waals surface area contributed by atoms with E-state index in [1.54, 1.807) is 24.1 Å². The molecule has 7 nitrogen and oxygen atoms in total. The Morgan fingerprint density at radius 3 is 2.52 bits per heavy atom. The topological polar surface area (TPSA) is 84.7 Å². The highest BCUT2D eigenvalue weighted by Gasteiger charge is 2.21. The maximum absolute atomic E-state index is 12.8. The third kappa shape index (κ3) is 6.01. The van der Waals surface area contributed by atoms with Crippen LogP contribution in [0.3, 0.4) is 0 Å². The zero-order valence-corrected chi connectivity index (χ0v) is 15.6. The summed E-state index contributed by atoms with van der Waals surface area (Å²) in [4.78, 5) is 25.4. The second kappa shape index (κ2) is 10.7. The summed E-state index contributed by atoms with van der Waals surface area (Å²) in [5.41, 5.74) is 0.638. The number of hydrogen-bond donors (Lipinski definition) is 1. The molecule has 0 unspecified atom stereocenters. The van der Waals surface area contributed by atoms with Crippen molar-refractivity contribution in [3.05, 3.63) is 33.9 Å². The number of nitrogens with one attached hydrogen (secondary N) is 1. The van der Waals surface area contributed by atoms with Crippen molar-refractivity contribution in [2.75, 3.05) is 38.7 Å². The van der Waals surface area contributed by atoms with Crippen molar-refractivity contribution in [1.82, 2.24) is 4.90 Å². The molecule has 1 aromatic rings. The highest BCUT2D eigenvalue weighted by atomic mass is 16.6. The highest BCUT2D eigenvalue weighted by molar-refractivity contribution is 5.95. The fraction of sp³-hybridized carbons (Fsp3) is 0.611. The summed E-state index contributed by atoms with van der Waals surface area (Å²) in [5, 5.41) is 14.3. The average molecular weight is 351 g/mol. The number of carbonyl (C=O) groups is 1. The number of ether oxygens (including phenoxy) is 1. The Balaban J connectivity index is 3.00. The van der Waals surface area contributed by atoms with Crippen LogP contribution < -0.4 is 5.32 Å². The molecule has 1 amide bonds. The van der Waals surface area contributed by atoms with E-state index in [0.717, 1.165) is 12.8 Å². The zero-order chi connectivity index (χ0) is 18.8. The maximum Gasteiger partial charge on any atom is 0.293 e. The summed E-state index contributed by atoms with van der Waals surface area (Å²) in [5.74, 6) is 0.273. The van der Waals surface area contributed by atoms with Gasteiger partial charge in [0, 0.05) is 38.4 Å². The van der Waals surface area contributed by atoms with Crippen LogP contribution in [-0.4, -0.2) is 49.1 Å². The lowest BCUT2D eigenvalue weighted by molar-refractivity contribution is -0.384. The summed E-state index contributed by atoms with van der Waals surface area (Å²) < 4.78 is 4.94. The van der Waals surface area contributed by atoms with E-state index in [2.05, 4.69) is 19.2 Å². The molecule has 0 radical (unpaired) electrons. The fourth-order valence-electron chi connectivity index (χ4n) is 2.65. The van der Waals surface area contributed by atoms with Crippen LogP contribution in [0, 0.1) is 16.0 Å². The number of nitrogens with zero attached hydrogens (tertiary/aromatic N) is 2. The van der Waals surface area contributed by atoms with Gasteiger partial charge in [0.15, 0.2) is 0 Å². The first-order valence-corrected chi connectivity index (χ1v) is 8.78. The maximum atomic E-state index is 12.8. The molecule has 7 heteroatoms. The van der Waals surface area contributed by atoms with Crippen LogP contribution in [0.5, 0.6) is 0 Å². The Morgan fingerprint density at radius 1 is 1.32 bits per heavy atom. The molecule has 0 aromatic heterocycles. The minimum atomic E-state index is -0.469. The molecule has 0 fully saturated rings. The van der Waals surface area contributed by atoms with E-state index < -0.39 is 4.92 Å². The van der Waals surface area contributed by atoms with E-state index in [9.17, 15) is 14.9 Å². The smallest absolute Gasteiger partial charge is 0.293 e. The largest absolute Gasteiger partial charge is 0.383 e. The number of methoxy groups -OCH3 is 1. The molecule has 0 saturated heterocycles. The van der Waals surface area contributed by atoms with Gasteiger partial charge in [0.1, 0.15) is 5.69 Å². The number of benzene rings is 1. The van der Waals surface area contributed by atoms with Gasteiger partial charge in [-0.1, -0.05) is 26.7 Å². The monoisotopic (exact) mass is 351 g/mol. The van der Waals surface area contributed by atoms with Crippen molar-refractivity contribution in [3.8, 4) is 0 Å². The van der Waals surface area contributed by atoms with E-state index in [1.165, 1.54) is 6.07 Å². The predicted molar refractivity (Wildman–Crippen MR) is 99.1 cm³/mol. The molecule has 0 bridgehead atoms. The molecule has 1 N–H and O–H groups in total. The predicted octanol–water partition coefficient (Wildman–Crippen LogP) is 3.55. The Bertz CT molecular complexity index is 573. The van der Waals surface area contributed by atoms with Crippen LogP contribution in [0.4, 0.5) is 11.4 Å². The Kier molecular flexibility index (Phi) is 8.91. The number of nitro groups is 1. The molecule has 140 valence electrons. The van der Waals surface area contributed by atoms with Gasteiger partial charge in [-0.05, 0) is 25.0 Å². The number of nitro benzene ring substituents is 1. The number of amides is 1. The summed E-state index contributed by atoms with van der Waals surface area (Å²) in [6.45, 7) is 8.29. The van der Waals surface area contributed by atoms with E-state index in [0.29, 0.717) is 43.4 Å². The van der Waals surface area contributed by atoms with Gasteiger partial charge in [0.05, 0.1) is 11.5 Å². The van der Waals surface area contributed by atoms with Gasteiger partial charge in [0.25, 0.3) is 11.6 Å². The van der Waals surface area contributed by atoms with Crippen molar-refractivity contribution in [3.63, 3.8) is 0 Å². The molecule has 0 aliphatic carbocycles. The van der Waals surface area contributed by atoms with Crippen LogP contribution in [-0.2, 0) is 4.74 Å². The highest BCUT2D eigenvalue weighted by Crippen LogP contribution is 2.26. The molecule has 0 spiro atoms. The minimum Gasteiger partial charge on any atom is -0.383 e. The van der Waals surface area contributed by atoms with Gasteiger partial charge in [-0.25, -0.2) is 0 Å². The minimum absolute atomic E-state index is 0.0967. The zero-order valence-electron chi connectivity index (χ0n) is 15.6. The Labute approximate surface area is 149 Å². The molecule has 0 atom stereocenters. The molecule has 1 aromatic carbocycles. The normalized spacial score (nSPS) is 10.8. The van der Waals surface area contributed by atoms with Crippen LogP contribution in [0.2, 0.25) is 0 Å². The van der Waals surface area contributed by atoms with Crippen molar-refractivity contribution in [2.24, 2.45) is 5.92 Å². The molecular weight excluding hydrogens is 322 g/mol. The molecule has 0 aliphatic heterocycles. The summed E-state index contributed by atoms with van der Waals surface area (Å²) in [6, 6.07) is 4.58. The first-order valence-electron chi connectivity index (χ1n) is 8.78. The Hall–Kier alpha value is -2.15. The Morgan fingerprint density at radius 2 is 2.00 bits per heavy atom. The van der Waals surface area contributed by atoms with Gasteiger partial charge < -0.3 is 15.0 Å². The third-order valence-electron chi connectivity index (χ3n) is 4.37. The van der Waals surface area contributed by atoms with E-state index in [4.69, 9.17) is 4.74 Å². The first-order chi connectivity index (χ1) is 12.0. The van der Waals surface area contributed by atoms with Crippen molar-refractivity contribution >= 4 is 17.3 Å². The summed E-state index contributed by atoms with van der Waals surface area (Å²) in [6.07, 6.45) is 2.01. The molecular formula is C18H29N3O4. The van der Waals surface area contributed by atoms with E-state index in [-0.39, 0.29) is 11.6 Å². The molecule has 25 heavy (non-hydrogen) atoms. The van der Waals surface area contributed by atoms with Gasteiger partial charge >= 0.3 is 0 Å². The lowest BCUT2D eigenvalue weighted by atomic mass is 10.0. The van der Waals surface area contributed by atoms with Gasteiger partial charge in [-0.3, -0.25) is 14.9 Å². The number of rotatable bonds is 11. The van der Waals surface area contributed by atoms with Gasteiger partial charge in [-0.15, -0.1) is 0 Å². The van der Waals surface area contributed by atoms with Crippen molar-refractivity contribution in [2.45, 2.75) is 33.6 Å². The molecule has 0 heterocycles. The number of hydrogen-bond acceptors (Lipinski definition) is 5. The standard InChI is InChI=1S/C18H29N3O4/c1-5-14(6-2)13-20(7-3)18(22)15-8-9-16(19-10-11-25-4)17(12-15)21(23)24/h8-9,12,14,19H,5-7,10-11,13H2,1-4H3. The second-order valence-electron chi connectivity index (χ2n) is 5.93. The van der Waals surface area contributed by atoms with Gasteiger partial charge in [-0.2, -0.15) is 0 Å². The number of carbonyl (C=O) groups excluding carboxylic acids is 1. The third-order valence-corrected chi connectivity index (χ3v) is 4.37. The van der Waals surface area contributed by atoms with Crippen LogP contribution >= 0.6 is 0 Å². The lowest BCUT2D eigenvalue weighted by Crippen LogP contribution is -2.35. The summed E-state index contributed by atoms with van der Waals surface area (Å²) >= 11 is 0. The number of anilines is 1. The second-order valence-corrected chi connectivity index (χ2v) is 5.93. The SMILES string of the molecule is CCC(CC)CN(CC)C(=O)c1ccc(NCCOC)c([N+](=O)[O-])c1.